The summed E-state index contributed by atoms with van der Waals surface area (Å²) in [6.07, 6.45) is 2.88. The van der Waals surface area contributed by atoms with E-state index in [1.807, 2.05) is 0 Å². The summed E-state index contributed by atoms with van der Waals surface area (Å²) < 4.78 is 6.85. The van der Waals surface area contributed by atoms with Gasteiger partial charge in [0.15, 0.2) is 0 Å². The highest BCUT2D eigenvalue weighted by atomic mass is 79.9. The number of halogens is 1. The van der Waals surface area contributed by atoms with E-state index < -0.39 is 0 Å². The molecule has 3 heteroatoms. The second-order valence-corrected chi connectivity index (χ2v) is 5.51. The first kappa shape index (κ1) is 13.1. The minimum absolute atomic E-state index is 0.446. The van der Waals surface area contributed by atoms with Gasteiger partial charge in [0.2, 0.25) is 0 Å². The van der Waals surface area contributed by atoms with Gasteiger partial charge in [-0.3, -0.25) is 4.90 Å². The zero-order valence-electron chi connectivity index (χ0n) is 10.4. The molecular formula is C14H20BrNO. The maximum absolute atomic E-state index is 5.70. The Morgan fingerprint density at radius 1 is 1.47 bits per heavy atom. The summed E-state index contributed by atoms with van der Waals surface area (Å²) in [6, 6.07) is 8.54. The largest absolute Gasteiger partial charge is 0.377 e. The molecule has 1 unspecified atom stereocenters. The van der Waals surface area contributed by atoms with Gasteiger partial charge in [-0.2, -0.15) is 0 Å². The van der Waals surface area contributed by atoms with Crippen molar-refractivity contribution in [1.29, 1.82) is 0 Å². The molecule has 1 aromatic rings. The van der Waals surface area contributed by atoms with Crippen molar-refractivity contribution in [3.8, 4) is 0 Å². The predicted molar refractivity (Wildman–Crippen MR) is 74.1 cm³/mol. The van der Waals surface area contributed by atoms with Crippen LogP contribution in [0.3, 0.4) is 0 Å². The smallest absolute Gasteiger partial charge is 0.0702 e. The first-order valence-corrected chi connectivity index (χ1v) is 7.15. The van der Waals surface area contributed by atoms with Crippen molar-refractivity contribution in [3.05, 3.63) is 34.3 Å². The van der Waals surface area contributed by atoms with Crippen LogP contribution in [0.2, 0.25) is 0 Å². The number of nitrogens with zero attached hydrogens (tertiary/aromatic N) is 1. The summed E-state index contributed by atoms with van der Waals surface area (Å²) in [4.78, 5) is 2.46. The van der Waals surface area contributed by atoms with Crippen molar-refractivity contribution >= 4 is 15.9 Å². The van der Waals surface area contributed by atoms with Crippen LogP contribution in [-0.4, -0.2) is 30.7 Å². The van der Waals surface area contributed by atoms with Crippen LogP contribution in [0.25, 0.3) is 0 Å². The molecule has 1 aliphatic heterocycles. The average Bonchev–Trinajstić information content (AvgIpc) is 2.81. The molecule has 1 heterocycles. The minimum atomic E-state index is 0.446. The summed E-state index contributed by atoms with van der Waals surface area (Å²) >= 11 is 3.52. The van der Waals surface area contributed by atoms with E-state index in [1.165, 1.54) is 18.4 Å². The molecule has 1 aromatic carbocycles. The van der Waals surface area contributed by atoms with Crippen LogP contribution in [0.15, 0.2) is 28.7 Å². The van der Waals surface area contributed by atoms with E-state index >= 15 is 0 Å². The van der Waals surface area contributed by atoms with E-state index in [4.69, 9.17) is 4.74 Å². The van der Waals surface area contributed by atoms with E-state index in [0.29, 0.717) is 6.10 Å². The monoisotopic (exact) mass is 297 g/mol. The Balaban J connectivity index is 1.90. The van der Waals surface area contributed by atoms with Crippen molar-refractivity contribution in [2.75, 3.05) is 19.7 Å². The van der Waals surface area contributed by atoms with Crippen LogP contribution >= 0.6 is 15.9 Å². The number of benzene rings is 1. The summed E-state index contributed by atoms with van der Waals surface area (Å²) in [5.74, 6) is 0. The number of ether oxygens (including phenoxy) is 1. The van der Waals surface area contributed by atoms with Gasteiger partial charge >= 0.3 is 0 Å². The molecule has 0 amide bonds. The van der Waals surface area contributed by atoms with Crippen molar-refractivity contribution in [2.24, 2.45) is 0 Å². The SMILES string of the molecule is CCN(Cc1cccc(Br)c1)CC1CCCO1. The molecule has 0 aliphatic carbocycles. The predicted octanol–water partition coefficient (Wildman–Crippen LogP) is 3.45. The van der Waals surface area contributed by atoms with Gasteiger partial charge in [0.05, 0.1) is 6.10 Å². The molecule has 1 saturated heterocycles. The fourth-order valence-corrected chi connectivity index (χ4v) is 2.72. The lowest BCUT2D eigenvalue weighted by Crippen LogP contribution is -2.31. The average molecular weight is 298 g/mol. The highest BCUT2D eigenvalue weighted by Gasteiger charge is 2.18. The number of hydrogen-bond donors (Lipinski definition) is 0. The summed E-state index contributed by atoms with van der Waals surface area (Å²) in [5.41, 5.74) is 1.36. The van der Waals surface area contributed by atoms with Crippen molar-refractivity contribution in [3.63, 3.8) is 0 Å². The molecule has 94 valence electrons. The molecule has 0 bridgehead atoms. The van der Waals surface area contributed by atoms with E-state index in [0.717, 1.165) is 30.7 Å². The molecule has 0 aromatic heterocycles. The summed E-state index contributed by atoms with van der Waals surface area (Å²) in [7, 11) is 0. The molecule has 0 spiro atoms. The Morgan fingerprint density at radius 2 is 2.35 bits per heavy atom. The zero-order chi connectivity index (χ0) is 12.1. The fourth-order valence-electron chi connectivity index (χ4n) is 2.28. The van der Waals surface area contributed by atoms with Crippen LogP contribution in [0, 0.1) is 0 Å². The molecule has 0 saturated carbocycles. The summed E-state index contributed by atoms with van der Waals surface area (Å²) in [5, 5.41) is 0. The maximum atomic E-state index is 5.70. The Kier molecular flexibility index (Phi) is 5.01. The van der Waals surface area contributed by atoms with Gasteiger partial charge in [-0.15, -0.1) is 0 Å². The third-order valence-corrected chi connectivity index (χ3v) is 3.72. The molecule has 2 rings (SSSR count). The van der Waals surface area contributed by atoms with E-state index in [-0.39, 0.29) is 0 Å². The van der Waals surface area contributed by atoms with Gasteiger partial charge in [-0.1, -0.05) is 35.0 Å². The van der Waals surface area contributed by atoms with Crippen LogP contribution in [0.1, 0.15) is 25.3 Å². The highest BCUT2D eigenvalue weighted by Crippen LogP contribution is 2.16. The van der Waals surface area contributed by atoms with E-state index in [2.05, 4.69) is 52.0 Å². The van der Waals surface area contributed by atoms with Crippen molar-refractivity contribution in [2.45, 2.75) is 32.4 Å². The van der Waals surface area contributed by atoms with Crippen molar-refractivity contribution < 1.29 is 4.74 Å². The first-order chi connectivity index (χ1) is 8.28. The zero-order valence-corrected chi connectivity index (χ0v) is 11.9. The van der Waals surface area contributed by atoms with Crippen LogP contribution in [0.5, 0.6) is 0 Å². The summed E-state index contributed by atoms with van der Waals surface area (Å²) in [6.45, 7) is 6.30. The molecule has 17 heavy (non-hydrogen) atoms. The highest BCUT2D eigenvalue weighted by molar-refractivity contribution is 9.10. The fraction of sp³-hybridized carbons (Fsp3) is 0.571. The standard InChI is InChI=1S/C14H20BrNO/c1-2-16(11-14-7-4-8-17-14)10-12-5-3-6-13(15)9-12/h3,5-6,9,14H,2,4,7-8,10-11H2,1H3. The van der Waals surface area contributed by atoms with E-state index in [1.54, 1.807) is 0 Å². The number of likely N-dealkylation sites (N-methyl/N-ethyl adjacent to an activating group) is 1. The molecule has 0 radical (unpaired) electrons. The van der Waals surface area contributed by atoms with Crippen LogP contribution < -0.4 is 0 Å². The normalized spacial score (nSPS) is 20.1. The molecule has 0 N–H and O–H groups in total. The lowest BCUT2D eigenvalue weighted by Gasteiger charge is -2.23. The van der Waals surface area contributed by atoms with Gasteiger partial charge in [-0.05, 0) is 37.1 Å². The van der Waals surface area contributed by atoms with Gasteiger partial charge < -0.3 is 4.74 Å². The molecular weight excluding hydrogens is 278 g/mol. The molecule has 1 aliphatic rings. The molecule has 2 nitrogen and oxygen atoms in total. The Labute approximate surface area is 112 Å². The first-order valence-electron chi connectivity index (χ1n) is 6.36. The second-order valence-electron chi connectivity index (χ2n) is 4.59. The molecule has 1 fully saturated rings. The minimum Gasteiger partial charge on any atom is -0.377 e. The Morgan fingerprint density at radius 3 is 3.00 bits per heavy atom. The van der Waals surface area contributed by atoms with Gasteiger partial charge in [0, 0.05) is 24.2 Å². The van der Waals surface area contributed by atoms with Crippen LogP contribution in [-0.2, 0) is 11.3 Å². The lowest BCUT2D eigenvalue weighted by molar-refractivity contribution is 0.0725. The van der Waals surface area contributed by atoms with Gasteiger partial charge in [0.1, 0.15) is 0 Å². The van der Waals surface area contributed by atoms with Crippen LogP contribution in [0.4, 0.5) is 0 Å². The van der Waals surface area contributed by atoms with E-state index in [9.17, 15) is 0 Å². The topological polar surface area (TPSA) is 12.5 Å². The third kappa shape index (κ3) is 4.09. The lowest BCUT2D eigenvalue weighted by atomic mass is 10.2. The van der Waals surface area contributed by atoms with Gasteiger partial charge in [0.25, 0.3) is 0 Å². The second kappa shape index (κ2) is 6.53. The Bertz CT molecular complexity index is 350. The quantitative estimate of drug-likeness (QED) is 0.825. The Hall–Kier alpha value is -0.380. The number of hydrogen-bond acceptors (Lipinski definition) is 2. The van der Waals surface area contributed by atoms with Crippen molar-refractivity contribution in [1.82, 2.24) is 4.90 Å². The van der Waals surface area contributed by atoms with Gasteiger partial charge in [-0.25, -0.2) is 0 Å². The number of rotatable bonds is 5. The third-order valence-electron chi connectivity index (χ3n) is 3.23. The molecule has 1 atom stereocenters. The maximum Gasteiger partial charge on any atom is 0.0702 e.